The van der Waals surface area contributed by atoms with Crippen LogP contribution in [0, 0.1) is 0 Å². The fourth-order valence-electron chi connectivity index (χ4n) is 0.434. The lowest BCUT2D eigenvalue weighted by molar-refractivity contribution is -0.271. The molecule has 0 aromatic carbocycles. The van der Waals surface area contributed by atoms with E-state index in [0.29, 0.717) is 0 Å². The van der Waals surface area contributed by atoms with Crippen molar-refractivity contribution in [2.75, 3.05) is 0 Å². The molecule has 0 bridgehead atoms. The largest absolute Gasteiger partial charge is 0.426 e. The van der Waals surface area contributed by atoms with Crippen molar-refractivity contribution in [2.45, 2.75) is 24.0 Å². The zero-order valence-electron chi connectivity index (χ0n) is 6.57. The summed E-state index contributed by atoms with van der Waals surface area (Å²) in [5.41, 5.74) is 0. The first-order valence-electron chi connectivity index (χ1n) is 2.91. The Hall–Kier alpha value is -0.510. The van der Waals surface area contributed by atoms with Gasteiger partial charge in [-0.1, -0.05) is 0 Å². The van der Waals surface area contributed by atoms with E-state index in [2.05, 4.69) is 5.14 Å². The maximum atomic E-state index is 12.3. The first-order chi connectivity index (χ1) is 5.75. The molecular formula is C4H5F6NO2S. The van der Waals surface area contributed by atoms with Gasteiger partial charge < -0.3 is 0 Å². The first-order valence-corrected chi connectivity index (χ1v) is 4.45. The third-order valence-corrected chi connectivity index (χ3v) is 2.25. The standard InChI is InChI=1S/C4H5F6NO2S/c1-2(5,6)3(7,8)4(9,10)14(11,12)13/h1H3,(H2,11,12,13). The van der Waals surface area contributed by atoms with Crippen LogP contribution in [-0.2, 0) is 10.0 Å². The van der Waals surface area contributed by atoms with Crippen molar-refractivity contribution >= 4 is 10.0 Å². The van der Waals surface area contributed by atoms with E-state index in [0.717, 1.165) is 0 Å². The molecule has 0 fully saturated rings. The lowest BCUT2D eigenvalue weighted by atomic mass is 10.2. The Morgan fingerprint density at radius 2 is 1.29 bits per heavy atom. The highest BCUT2D eigenvalue weighted by Crippen LogP contribution is 2.47. The summed E-state index contributed by atoms with van der Waals surface area (Å²) < 4.78 is 92.9. The molecule has 0 aromatic heterocycles. The molecule has 10 heteroatoms. The van der Waals surface area contributed by atoms with Crippen molar-refractivity contribution < 1.29 is 34.8 Å². The second kappa shape index (κ2) is 2.99. The molecule has 0 aliphatic rings. The van der Waals surface area contributed by atoms with Crippen molar-refractivity contribution in [1.29, 1.82) is 0 Å². The zero-order chi connectivity index (χ0) is 12.0. The Labute approximate surface area is 74.9 Å². The number of alkyl halides is 6. The Bertz CT molecular complexity index is 317. The van der Waals surface area contributed by atoms with Gasteiger partial charge in [-0.15, -0.1) is 0 Å². The Balaban J connectivity index is 5.54. The molecule has 0 saturated carbocycles. The predicted octanol–water partition coefficient (Wildman–Crippen LogP) is 1.16. The highest BCUT2D eigenvalue weighted by molar-refractivity contribution is 7.90. The molecule has 0 aliphatic carbocycles. The van der Waals surface area contributed by atoms with Crippen LogP contribution in [0.4, 0.5) is 26.3 Å². The average Bonchev–Trinajstić information content (AvgIpc) is 1.81. The summed E-state index contributed by atoms with van der Waals surface area (Å²) >= 11 is 0. The van der Waals surface area contributed by atoms with Crippen molar-refractivity contribution in [3.63, 3.8) is 0 Å². The van der Waals surface area contributed by atoms with Gasteiger partial charge in [-0.05, 0) is 0 Å². The summed E-state index contributed by atoms with van der Waals surface area (Å²) in [4.78, 5) is 0. The summed E-state index contributed by atoms with van der Waals surface area (Å²) in [7, 11) is -6.11. The van der Waals surface area contributed by atoms with Gasteiger partial charge in [0.1, 0.15) is 0 Å². The molecular weight excluding hydrogens is 240 g/mol. The van der Waals surface area contributed by atoms with Gasteiger partial charge in [0.05, 0.1) is 0 Å². The summed E-state index contributed by atoms with van der Waals surface area (Å²) in [6.07, 6.45) is 0. The zero-order valence-corrected chi connectivity index (χ0v) is 7.39. The number of halogens is 6. The number of rotatable bonds is 3. The number of hydrogen-bond donors (Lipinski definition) is 1. The molecule has 86 valence electrons. The van der Waals surface area contributed by atoms with E-state index in [1.807, 2.05) is 0 Å². The Kier molecular flexibility index (Phi) is 2.88. The minimum Gasteiger partial charge on any atom is -0.223 e. The van der Waals surface area contributed by atoms with E-state index in [9.17, 15) is 34.8 Å². The Morgan fingerprint density at radius 1 is 1.00 bits per heavy atom. The van der Waals surface area contributed by atoms with Gasteiger partial charge in [0.2, 0.25) is 0 Å². The molecule has 0 saturated heterocycles. The summed E-state index contributed by atoms with van der Waals surface area (Å²) in [5.74, 6) is -11.3. The van der Waals surface area contributed by atoms with Crippen LogP contribution in [0.2, 0.25) is 0 Å². The quantitative estimate of drug-likeness (QED) is 0.758. The second-order valence-electron chi connectivity index (χ2n) is 2.52. The van der Waals surface area contributed by atoms with Crippen LogP contribution < -0.4 is 5.14 Å². The number of primary sulfonamides is 1. The van der Waals surface area contributed by atoms with Crippen LogP contribution in [0.3, 0.4) is 0 Å². The van der Waals surface area contributed by atoms with Gasteiger partial charge in [0, 0.05) is 6.92 Å². The topological polar surface area (TPSA) is 60.2 Å². The molecule has 0 amide bonds. The third kappa shape index (κ3) is 1.80. The summed E-state index contributed by atoms with van der Waals surface area (Å²) in [6, 6.07) is 0. The lowest BCUT2D eigenvalue weighted by Crippen LogP contribution is -2.58. The second-order valence-corrected chi connectivity index (χ2v) is 4.13. The maximum Gasteiger partial charge on any atom is 0.426 e. The van der Waals surface area contributed by atoms with E-state index < -0.39 is 34.0 Å². The van der Waals surface area contributed by atoms with Gasteiger partial charge in [-0.25, -0.2) is 13.6 Å². The highest BCUT2D eigenvalue weighted by atomic mass is 32.2. The SMILES string of the molecule is CC(F)(F)C(F)(F)C(F)(F)S(N)(=O)=O. The number of sulfonamides is 1. The number of hydrogen-bond acceptors (Lipinski definition) is 2. The van der Waals surface area contributed by atoms with Crippen LogP contribution in [0.5, 0.6) is 0 Å². The van der Waals surface area contributed by atoms with Crippen LogP contribution in [-0.4, -0.2) is 25.5 Å². The Morgan fingerprint density at radius 3 is 1.36 bits per heavy atom. The molecule has 0 rings (SSSR count). The predicted molar refractivity (Wildman–Crippen MR) is 33.6 cm³/mol. The highest BCUT2D eigenvalue weighted by Gasteiger charge is 2.74. The first kappa shape index (κ1) is 13.5. The van der Waals surface area contributed by atoms with E-state index in [-0.39, 0.29) is 0 Å². The van der Waals surface area contributed by atoms with Crippen LogP contribution in [0.1, 0.15) is 6.92 Å². The molecule has 0 unspecified atom stereocenters. The minimum absolute atomic E-state index is 0.536. The molecule has 0 aliphatic heterocycles. The summed E-state index contributed by atoms with van der Waals surface area (Å²) in [6.45, 7) is -0.536. The molecule has 3 nitrogen and oxygen atoms in total. The molecule has 0 spiro atoms. The van der Waals surface area contributed by atoms with Crippen molar-refractivity contribution in [3.8, 4) is 0 Å². The minimum atomic E-state index is -6.11. The van der Waals surface area contributed by atoms with E-state index in [1.54, 1.807) is 0 Å². The van der Waals surface area contributed by atoms with E-state index >= 15 is 0 Å². The van der Waals surface area contributed by atoms with Gasteiger partial charge >= 0.3 is 17.1 Å². The molecule has 0 atom stereocenters. The van der Waals surface area contributed by atoms with Gasteiger partial charge in [0.15, 0.2) is 0 Å². The van der Waals surface area contributed by atoms with E-state index in [4.69, 9.17) is 0 Å². The monoisotopic (exact) mass is 245 g/mol. The molecule has 0 heterocycles. The van der Waals surface area contributed by atoms with Crippen LogP contribution in [0.25, 0.3) is 0 Å². The van der Waals surface area contributed by atoms with Crippen LogP contribution >= 0.6 is 0 Å². The van der Waals surface area contributed by atoms with Crippen molar-refractivity contribution in [2.24, 2.45) is 5.14 Å². The molecule has 2 N–H and O–H groups in total. The molecule has 0 aromatic rings. The average molecular weight is 245 g/mol. The fourth-order valence-corrected chi connectivity index (χ4v) is 0.971. The van der Waals surface area contributed by atoms with Gasteiger partial charge in [-0.2, -0.15) is 26.3 Å². The third-order valence-electron chi connectivity index (χ3n) is 1.27. The van der Waals surface area contributed by atoms with E-state index in [1.165, 1.54) is 0 Å². The lowest BCUT2D eigenvalue weighted by Gasteiger charge is -2.28. The van der Waals surface area contributed by atoms with Gasteiger partial charge in [0.25, 0.3) is 10.0 Å². The maximum absolute atomic E-state index is 12.3. The summed E-state index contributed by atoms with van der Waals surface area (Å²) in [5, 5.41) is -2.31. The number of nitrogens with two attached hydrogens (primary N) is 1. The normalized spacial score (nSPS) is 15.7. The smallest absolute Gasteiger partial charge is 0.223 e. The van der Waals surface area contributed by atoms with Crippen LogP contribution in [0.15, 0.2) is 0 Å². The van der Waals surface area contributed by atoms with Gasteiger partial charge in [-0.3, -0.25) is 0 Å². The van der Waals surface area contributed by atoms with Crippen molar-refractivity contribution in [1.82, 2.24) is 0 Å². The molecule has 0 radical (unpaired) electrons. The molecule has 14 heavy (non-hydrogen) atoms. The fraction of sp³-hybridized carbons (Fsp3) is 1.00. The van der Waals surface area contributed by atoms with Crippen molar-refractivity contribution in [3.05, 3.63) is 0 Å².